The van der Waals surface area contributed by atoms with Crippen LogP contribution in [0.3, 0.4) is 0 Å². The normalized spacial score (nSPS) is 10.8. The molecule has 0 unspecified atom stereocenters. The molecule has 0 radical (unpaired) electrons. The molecule has 5 heteroatoms. The summed E-state index contributed by atoms with van der Waals surface area (Å²) < 4.78 is 6.37. The fourth-order valence-electron chi connectivity index (χ4n) is 1.28. The van der Waals surface area contributed by atoms with Gasteiger partial charge in [-0.05, 0) is 28.1 Å². The van der Waals surface area contributed by atoms with Crippen molar-refractivity contribution in [1.29, 1.82) is 0 Å². The molecule has 0 bridgehead atoms. The van der Waals surface area contributed by atoms with Crippen molar-refractivity contribution in [3.63, 3.8) is 0 Å². The average Bonchev–Trinajstić information content (AvgIpc) is 2.77. The molecule has 90 valence electrons. The summed E-state index contributed by atoms with van der Waals surface area (Å²) >= 11 is 5.02. The number of halogens is 1. The quantitative estimate of drug-likeness (QED) is 0.800. The fraction of sp³-hybridized carbons (Fsp3) is 0.333. The molecule has 0 atom stereocenters. The van der Waals surface area contributed by atoms with E-state index in [9.17, 15) is 0 Å². The van der Waals surface area contributed by atoms with Crippen LogP contribution in [-0.2, 0) is 6.61 Å². The van der Waals surface area contributed by atoms with Crippen molar-refractivity contribution in [3.8, 4) is 5.75 Å². The number of pyridine rings is 1. The molecule has 0 spiro atoms. The van der Waals surface area contributed by atoms with Gasteiger partial charge in [0, 0.05) is 17.5 Å². The Labute approximate surface area is 113 Å². The highest BCUT2D eigenvalue weighted by molar-refractivity contribution is 9.10. The second-order valence-corrected chi connectivity index (χ2v) is 5.55. The van der Waals surface area contributed by atoms with Crippen LogP contribution in [-0.4, -0.2) is 9.97 Å². The minimum atomic E-state index is 0.471. The van der Waals surface area contributed by atoms with Gasteiger partial charge in [0.15, 0.2) is 5.75 Å². The molecule has 2 heterocycles. The van der Waals surface area contributed by atoms with Gasteiger partial charge in [-0.3, -0.25) is 0 Å². The van der Waals surface area contributed by atoms with Crippen LogP contribution >= 0.6 is 27.3 Å². The standard InChI is InChI=1S/C12H13BrN2OS/c1-8(2)12-15-9(7-17-12)6-16-10-4-3-5-14-11(10)13/h3-5,7-8H,6H2,1-2H3. The van der Waals surface area contributed by atoms with E-state index >= 15 is 0 Å². The van der Waals surface area contributed by atoms with E-state index < -0.39 is 0 Å². The first-order valence-electron chi connectivity index (χ1n) is 5.34. The Hall–Kier alpha value is -0.940. The van der Waals surface area contributed by atoms with E-state index in [1.54, 1.807) is 17.5 Å². The SMILES string of the molecule is CC(C)c1nc(COc2cccnc2Br)cs1. The van der Waals surface area contributed by atoms with Crippen LogP contribution in [0.5, 0.6) is 5.75 Å². The lowest BCUT2D eigenvalue weighted by Crippen LogP contribution is -1.97. The van der Waals surface area contributed by atoms with Crippen molar-refractivity contribution in [3.05, 3.63) is 39.0 Å². The molecule has 2 aromatic rings. The number of aromatic nitrogens is 2. The molecule has 0 saturated heterocycles. The number of hydrogen-bond acceptors (Lipinski definition) is 4. The van der Waals surface area contributed by atoms with E-state index in [-0.39, 0.29) is 0 Å². The van der Waals surface area contributed by atoms with Gasteiger partial charge in [-0.25, -0.2) is 9.97 Å². The molecular weight excluding hydrogens is 300 g/mol. The Balaban J connectivity index is 2.00. The summed E-state index contributed by atoms with van der Waals surface area (Å²) in [6, 6.07) is 3.73. The molecule has 0 saturated carbocycles. The van der Waals surface area contributed by atoms with E-state index in [0.29, 0.717) is 12.5 Å². The first-order chi connectivity index (χ1) is 8.16. The first kappa shape index (κ1) is 12.5. The summed E-state index contributed by atoms with van der Waals surface area (Å²) in [6.45, 7) is 4.76. The lowest BCUT2D eigenvalue weighted by atomic mass is 10.2. The second kappa shape index (κ2) is 5.60. The molecule has 0 amide bonds. The minimum absolute atomic E-state index is 0.471. The van der Waals surface area contributed by atoms with Gasteiger partial charge in [0.1, 0.15) is 11.2 Å². The Morgan fingerprint density at radius 2 is 2.29 bits per heavy atom. The van der Waals surface area contributed by atoms with Crippen LogP contribution in [0.4, 0.5) is 0 Å². The zero-order valence-electron chi connectivity index (χ0n) is 9.68. The van der Waals surface area contributed by atoms with Crippen molar-refractivity contribution in [2.24, 2.45) is 0 Å². The molecule has 0 aliphatic heterocycles. The predicted octanol–water partition coefficient (Wildman–Crippen LogP) is 4.00. The average molecular weight is 313 g/mol. The molecule has 0 fully saturated rings. The Morgan fingerprint density at radius 1 is 1.47 bits per heavy atom. The third-order valence-electron chi connectivity index (χ3n) is 2.16. The molecule has 0 N–H and O–H groups in total. The highest BCUT2D eigenvalue weighted by Crippen LogP contribution is 2.23. The third kappa shape index (κ3) is 3.26. The Bertz CT molecular complexity index is 499. The van der Waals surface area contributed by atoms with Crippen LogP contribution in [0.15, 0.2) is 28.3 Å². The van der Waals surface area contributed by atoms with Crippen molar-refractivity contribution in [2.75, 3.05) is 0 Å². The van der Waals surface area contributed by atoms with E-state index in [2.05, 4.69) is 39.7 Å². The molecule has 3 nitrogen and oxygen atoms in total. The summed E-state index contributed by atoms with van der Waals surface area (Å²) in [5.74, 6) is 1.21. The summed E-state index contributed by atoms with van der Waals surface area (Å²) in [4.78, 5) is 8.61. The van der Waals surface area contributed by atoms with E-state index in [1.807, 2.05) is 17.5 Å². The van der Waals surface area contributed by atoms with Gasteiger partial charge in [-0.1, -0.05) is 13.8 Å². The van der Waals surface area contributed by atoms with Crippen LogP contribution in [0.1, 0.15) is 30.5 Å². The lowest BCUT2D eigenvalue weighted by molar-refractivity contribution is 0.298. The highest BCUT2D eigenvalue weighted by atomic mass is 79.9. The number of rotatable bonds is 4. The van der Waals surface area contributed by atoms with Crippen molar-refractivity contribution in [1.82, 2.24) is 9.97 Å². The van der Waals surface area contributed by atoms with Gasteiger partial charge in [0.2, 0.25) is 0 Å². The van der Waals surface area contributed by atoms with E-state index in [4.69, 9.17) is 4.74 Å². The third-order valence-corrected chi connectivity index (χ3v) is 3.95. The molecule has 2 aromatic heterocycles. The predicted molar refractivity (Wildman–Crippen MR) is 72.5 cm³/mol. The van der Waals surface area contributed by atoms with Crippen molar-refractivity contribution < 1.29 is 4.74 Å². The van der Waals surface area contributed by atoms with Crippen LogP contribution in [0.2, 0.25) is 0 Å². The maximum Gasteiger partial charge on any atom is 0.152 e. The molecule has 2 rings (SSSR count). The summed E-state index contributed by atoms with van der Waals surface area (Å²) in [5.41, 5.74) is 0.967. The van der Waals surface area contributed by atoms with Crippen LogP contribution < -0.4 is 4.74 Å². The lowest BCUT2D eigenvalue weighted by Gasteiger charge is -2.05. The zero-order chi connectivity index (χ0) is 12.3. The maximum absolute atomic E-state index is 5.65. The van der Waals surface area contributed by atoms with Gasteiger partial charge in [0.25, 0.3) is 0 Å². The van der Waals surface area contributed by atoms with Crippen LogP contribution in [0.25, 0.3) is 0 Å². The van der Waals surface area contributed by atoms with Crippen molar-refractivity contribution in [2.45, 2.75) is 26.4 Å². The van der Waals surface area contributed by atoms with Crippen LogP contribution in [0, 0.1) is 0 Å². The second-order valence-electron chi connectivity index (χ2n) is 3.91. The number of hydrogen-bond donors (Lipinski definition) is 0. The first-order valence-corrected chi connectivity index (χ1v) is 7.01. The van der Waals surface area contributed by atoms with Gasteiger partial charge in [-0.2, -0.15) is 0 Å². The summed E-state index contributed by atoms with van der Waals surface area (Å²) in [6.07, 6.45) is 1.72. The molecule has 0 aromatic carbocycles. The maximum atomic E-state index is 5.65. The summed E-state index contributed by atoms with van der Waals surface area (Å²) in [7, 11) is 0. The van der Waals surface area contributed by atoms with Gasteiger partial charge in [-0.15, -0.1) is 11.3 Å². The largest absolute Gasteiger partial charge is 0.484 e. The van der Waals surface area contributed by atoms with E-state index in [1.165, 1.54) is 0 Å². The smallest absolute Gasteiger partial charge is 0.152 e. The molecule has 0 aliphatic carbocycles. The fourth-order valence-corrected chi connectivity index (χ4v) is 2.47. The number of thiazole rings is 1. The van der Waals surface area contributed by atoms with Gasteiger partial charge >= 0.3 is 0 Å². The monoisotopic (exact) mass is 312 g/mol. The Kier molecular flexibility index (Phi) is 4.12. The minimum Gasteiger partial charge on any atom is -0.484 e. The highest BCUT2D eigenvalue weighted by Gasteiger charge is 2.07. The molecular formula is C12H13BrN2OS. The zero-order valence-corrected chi connectivity index (χ0v) is 12.1. The van der Waals surface area contributed by atoms with Crippen molar-refractivity contribution >= 4 is 27.3 Å². The van der Waals surface area contributed by atoms with E-state index in [0.717, 1.165) is 21.1 Å². The Morgan fingerprint density at radius 3 is 2.94 bits per heavy atom. The molecule has 17 heavy (non-hydrogen) atoms. The topological polar surface area (TPSA) is 35.0 Å². The van der Waals surface area contributed by atoms with Gasteiger partial charge in [0.05, 0.1) is 10.7 Å². The molecule has 0 aliphatic rings. The van der Waals surface area contributed by atoms with Gasteiger partial charge < -0.3 is 4.74 Å². The number of ether oxygens (including phenoxy) is 1. The summed E-state index contributed by atoms with van der Waals surface area (Å²) in [5, 5.41) is 3.19. The number of nitrogens with zero attached hydrogens (tertiary/aromatic N) is 2.